The molecule has 3 heterocycles. The van der Waals surface area contributed by atoms with Gasteiger partial charge in [0.05, 0.1) is 6.04 Å². The molecule has 2 aromatic heterocycles. The molecule has 0 spiro atoms. The molecule has 0 unspecified atom stereocenters. The summed E-state index contributed by atoms with van der Waals surface area (Å²) in [6, 6.07) is 9.87. The van der Waals surface area contributed by atoms with Gasteiger partial charge in [0.15, 0.2) is 0 Å². The summed E-state index contributed by atoms with van der Waals surface area (Å²) in [4.78, 5) is 28.2. The molecule has 2 aliphatic rings. The van der Waals surface area contributed by atoms with E-state index in [1.54, 1.807) is 12.4 Å². The Bertz CT molecular complexity index is 1020. The zero-order chi connectivity index (χ0) is 21.2. The summed E-state index contributed by atoms with van der Waals surface area (Å²) in [5.41, 5.74) is 1.76. The number of anilines is 1. The number of carbonyl (C=O) groups is 1. The summed E-state index contributed by atoms with van der Waals surface area (Å²) in [6.07, 6.45) is 7.00. The lowest BCUT2D eigenvalue weighted by molar-refractivity contribution is -0.138. The Morgan fingerprint density at radius 2 is 1.68 bits per heavy atom. The first kappa shape index (κ1) is 19.9. The first-order valence-electron chi connectivity index (χ1n) is 11.0. The molecule has 9 nitrogen and oxygen atoms in total. The third kappa shape index (κ3) is 3.97. The fraction of sp³-hybridized carbons (Fsp3) is 0.500. The molecule has 1 aliphatic heterocycles. The van der Waals surface area contributed by atoms with Crippen LogP contribution in [0.1, 0.15) is 25.7 Å². The van der Waals surface area contributed by atoms with Crippen LogP contribution in [-0.4, -0.2) is 80.0 Å². The summed E-state index contributed by atoms with van der Waals surface area (Å²) < 4.78 is 0. The van der Waals surface area contributed by atoms with Crippen LogP contribution < -0.4 is 5.01 Å². The number of aromatic nitrogens is 5. The lowest BCUT2D eigenvalue weighted by Gasteiger charge is -2.39. The van der Waals surface area contributed by atoms with Crippen LogP contribution in [0.3, 0.4) is 0 Å². The molecule has 1 saturated carbocycles. The summed E-state index contributed by atoms with van der Waals surface area (Å²) in [5.74, 6) is 1.03. The topological polar surface area (TPSA) is 83.3 Å². The van der Waals surface area contributed by atoms with Crippen molar-refractivity contribution in [3.8, 4) is 0 Å². The zero-order valence-electron chi connectivity index (χ0n) is 17.8. The van der Waals surface area contributed by atoms with Gasteiger partial charge in [-0.15, -0.1) is 9.89 Å². The van der Waals surface area contributed by atoms with Crippen molar-refractivity contribution in [3.05, 3.63) is 42.7 Å². The van der Waals surface area contributed by atoms with Crippen LogP contribution in [0.15, 0.2) is 42.7 Å². The van der Waals surface area contributed by atoms with E-state index in [2.05, 4.69) is 32.2 Å². The number of hydrogen-bond acceptors (Lipinski definition) is 7. The molecule has 1 saturated heterocycles. The summed E-state index contributed by atoms with van der Waals surface area (Å²) >= 11 is 0. The molecule has 162 valence electrons. The van der Waals surface area contributed by atoms with E-state index in [1.807, 2.05) is 45.0 Å². The minimum atomic E-state index is 0.102. The maximum absolute atomic E-state index is 13.1. The Morgan fingerprint density at radius 1 is 0.968 bits per heavy atom. The van der Waals surface area contributed by atoms with Crippen LogP contribution in [0.25, 0.3) is 11.0 Å². The highest BCUT2D eigenvalue weighted by Gasteiger charge is 2.34. The van der Waals surface area contributed by atoms with Gasteiger partial charge in [0.25, 0.3) is 0 Å². The number of likely N-dealkylation sites (N-methyl/N-ethyl adjacent to an activating group) is 1. The second-order valence-electron chi connectivity index (χ2n) is 8.49. The molecule has 0 N–H and O–H groups in total. The van der Waals surface area contributed by atoms with Crippen molar-refractivity contribution in [1.29, 1.82) is 0 Å². The van der Waals surface area contributed by atoms with Gasteiger partial charge < -0.3 is 9.80 Å². The number of rotatable bonds is 4. The van der Waals surface area contributed by atoms with E-state index in [0.29, 0.717) is 11.9 Å². The van der Waals surface area contributed by atoms with Gasteiger partial charge >= 0.3 is 0 Å². The summed E-state index contributed by atoms with van der Waals surface area (Å²) in [6.45, 7) is 3.59. The van der Waals surface area contributed by atoms with Gasteiger partial charge in [-0.3, -0.25) is 4.79 Å². The molecule has 0 bridgehead atoms. The highest BCUT2D eigenvalue weighted by molar-refractivity contribution is 5.79. The Balaban J connectivity index is 1.35. The van der Waals surface area contributed by atoms with E-state index in [-0.39, 0.29) is 12.0 Å². The molecule has 1 amide bonds. The molecule has 31 heavy (non-hydrogen) atoms. The van der Waals surface area contributed by atoms with Gasteiger partial charge in [0.2, 0.25) is 11.9 Å². The van der Waals surface area contributed by atoms with E-state index in [9.17, 15) is 4.79 Å². The van der Waals surface area contributed by atoms with Crippen molar-refractivity contribution < 1.29 is 4.79 Å². The fourth-order valence-corrected chi connectivity index (χ4v) is 4.68. The van der Waals surface area contributed by atoms with Crippen molar-refractivity contribution in [2.75, 3.05) is 38.2 Å². The average Bonchev–Trinajstić information content (AvgIpc) is 3.24. The Labute approximate surface area is 181 Å². The molecule has 1 aromatic carbocycles. The molecule has 9 heteroatoms. The van der Waals surface area contributed by atoms with Crippen LogP contribution in [-0.2, 0) is 4.79 Å². The first-order valence-corrected chi connectivity index (χ1v) is 11.0. The second-order valence-corrected chi connectivity index (χ2v) is 8.49. The Hall–Kier alpha value is -3.07. The first-order chi connectivity index (χ1) is 15.2. The molecule has 0 radical (unpaired) electrons. The van der Waals surface area contributed by atoms with Crippen LogP contribution in [0.4, 0.5) is 5.95 Å². The van der Waals surface area contributed by atoms with Crippen molar-refractivity contribution in [1.82, 2.24) is 34.9 Å². The van der Waals surface area contributed by atoms with Gasteiger partial charge in [0, 0.05) is 44.5 Å². The van der Waals surface area contributed by atoms with Crippen molar-refractivity contribution in [2.24, 2.45) is 5.92 Å². The number of piperazine rings is 1. The number of benzene rings is 1. The zero-order valence-corrected chi connectivity index (χ0v) is 17.8. The van der Waals surface area contributed by atoms with Gasteiger partial charge in [-0.2, -0.15) is 0 Å². The summed E-state index contributed by atoms with van der Waals surface area (Å²) in [7, 11) is 2.11. The number of hydrogen-bond donors (Lipinski definition) is 0. The number of para-hydroxylation sites is 1. The molecule has 1 aliphatic carbocycles. The van der Waals surface area contributed by atoms with Crippen LogP contribution in [0.5, 0.6) is 0 Å². The monoisotopic (exact) mass is 420 g/mol. The van der Waals surface area contributed by atoms with Gasteiger partial charge in [-0.1, -0.05) is 12.1 Å². The van der Waals surface area contributed by atoms with E-state index in [0.717, 1.165) is 62.9 Å². The van der Waals surface area contributed by atoms with Crippen LogP contribution in [0, 0.1) is 5.92 Å². The predicted octanol–water partition coefficient (Wildman–Crippen LogP) is 1.82. The van der Waals surface area contributed by atoms with Gasteiger partial charge in [0.1, 0.15) is 11.0 Å². The number of nitrogens with zero attached hydrogens (tertiary/aromatic N) is 8. The average molecular weight is 421 g/mol. The summed E-state index contributed by atoms with van der Waals surface area (Å²) in [5, 5.41) is 10.8. The maximum Gasteiger partial charge on any atom is 0.246 e. The highest BCUT2D eigenvalue weighted by atomic mass is 16.2. The molecule has 2 fully saturated rings. The Kier molecular flexibility index (Phi) is 5.50. The van der Waals surface area contributed by atoms with E-state index in [1.165, 1.54) is 0 Å². The molecular weight excluding hydrogens is 392 g/mol. The molecular formula is C22H28N8O. The van der Waals surface area contributed by atoms with Crippen molar-refractivity contribution in [2.45, 2.75) is 31.7 Å². The maximum atomic E-state index is 13.1. The van der Waals surface area contributed by atoms with E-state index < -0.39 is 0 Å². The minimum Gasteiger partial charge on any atom is -0.340 e. The van der Waals surface area contributed by atoms with Crippen LogP contribution >= 0.6 is 0 Å². The third-order valence-electron chi connectivity index (χ3n) is 6.50. The third-order valence-corrected chi connectivity index (χ3v) is 6.50. The normalized spacial score (nSPS) is 22.5. The molecule has 3 aromatic rings. The van der Waals surface area contributed by atoms with Crippen LogP contribution in [0.2, 0.25) is 0 Å². The standard InChI is InChI=1S/C22H28N8O/c1-27-13-15-28(16-14-27)21(31)17-7-9-18(10-8-17)29(22-23-11-4-12-24-22)30-20-6-3-2-5-19(20)25-26-30/h2-6,11-12,17-18H,7-10,13-16H2,1H3. The minimum absolute atomic E-state index is 0.102. The van der Waals surface area contributed by atoms with Crippen molar-refractivity contribution in [3.63, 3.8) is 0 Å². The number of fused-ring (bicyclic) bond motifs is 1. The van der Waals surface area contributed by atoms with Gasteiger partial charge in [-0.05, 0) is 56.1 Å². The van der Waals surface area contributed by atoms with E-state index >= 15 is 0 Å². The van der Waals surface area contributed by atoms with Crippen molar-refractivity contribution >= 4 is 22.9 Å². The van der Waals surface area contributed by atoms with Gasteiger partial charge in [-0.25, -0.2) is 15.0 Å². The lowest BCUT2D eigenvalue weighted by atomic mass is 9.84. The Morgan fingerprint density at radius 3 is 2.42 bits per heavy atom. The highest BCUT2D eigenvalue weighted by Crippen LogP contribution is 2.31. The number of carbonyl (C=O) groups excluding carboxylic acids is 1. The largest absolute Gasteiger partial charge is 0.340 e. The smallest absolute Gasteiger partial charge is 0.246 e. The number of amides is 1. The second kappa shape index (κ2) is 8.58. The predicted molar refractivity (Wildman–Crippen MR) is 117 cm³/mol. The SMILES string of the molecule is CN1CCN(C(=O)C2CCC(N(c3ncccn3)n3nnc4ccccc43)CC2)CC1. The van der Waals surface area contributed by atoms with E-state index in [4.69, 9.17) is 0 Å². The molecule has 0 atom stereocenters. The lowest BCUT2D eigenvalue weighted by Crippen LogP contribution is -2.50. The molecule has 5 rings (SSSR count). The quantitative estimate of drug-likeness (QED) is 0.637. The fourth-order valence-electron chi connectivity index (χ4n) is 4.68.